The van der Waals surface area contributed by atoms with Gasteiger partial charge in [-0.25, -0.2) is 4.79 Å². The molecule has 0 spiro atoms. The Kier molecular flexibility index (Phi) is 2.88. The molecule has 0 N–H and O–H groups in total. The van der Waals surface area contributed by atoms with Gasteiger partial charge in [-0.2, -0.15) is 0 Å². The number of carbonyl (C=O) groups is 2. The Bertz CT molecular complexity index is 460. The molecular formula is C14H14O4. The van der Waals surface area contributed by atoms with Crippen LogP contribution in [0.15, 0.2) is 30.3 Å². The van der Waals surface area contributed by atoms with Crippen LogP contribution in [0.4, 0.5) is 0 Å². The maximum Gasteiger partial charge on any atom is 0.379 e. The van der Waals surface area contributed by atoms with E-state index in [2.05, 4.69) is 0 Å². The van der Waals surface area contributed by atoms with E-state index in [9.17, 15) is 9.59 Å². The molecule has 0 bridgehead atoms. The van der Waals surface area contributed by atoms with Crippen LogP contribution in [0.1, 0.15) is 16.8 Å². The number of Topliss-reactive ketones (excluding diaryl/α,β-unsaturated/α-hetero) is 1. The van der Waals surface area contributed by atoms with Gasteiger partial charge in [0, 0.05) is 5.56 Å². The Morgan fingerprint density at radius 1 is 1.11 bits per heavy atom. The summed E-state index contributed by atoms with van der Waals surface area (Å²) >= 11 is 0. The number of carbonyl (C=O) groups excluding carboxylic acids is 2. The highest BCUT2D eigenvalue weighted by atomic mass is 16.6. The van der Waals surface area contributed by atoms with Crippen LogP contribution in [0.5, 0.6) is 0 Å². The third-order valence-corrected chi connectivity index (χ3v) is 3.44. The minimum absolute atomic E-state index is 0.146. The third-order valence-electron chi connectivity index (χ3n) is 3.44. The first-order valence-electron chi connectivity index (χ1n) is 6.15. The molecule has 0 aromatic heterocycles. The lowest BCUT2D eigenvalue weighted by molar-refractivity contribution is -0.139. The quantitative estimate of drug-likeness (QED) is 0.330. The fourth-order valence-corrected chi connectivity index (χ4v) is 2.06. The number of rotatable bonds is 6. The second kappa shape index (κ2) is 4.53. The number of fused-ring (bicyclic) bond motifs is 1. The smallest absolute Gasteiger partial charge is 0.379 e. The molecule has 94 valence electrons. The van der Waals surface area contributed by atoms with Crippen LogP contribution >= 0.6 is 0 Å². The molecule has 0 heterocycles. The van der Waals surface area contributed by atoms with Crippen molar-refractivity contribution >= 4 is 11.8 Å². The largest absolute Gasteiger partial charge is 0.457 e. The van der Waals surface area contributed by atoms with Crippen LogP contribution in [0.2, 0.25) is 0 Å². The van der Waals surface area contributed by atoms with Gasteiger partial charge in [-0.1, -0.05) is 30.3 Å². The highest BCUT2D eigenvalue weighted by Crippen LogP contribution is 2.64. The lowest BCUT2D eigenvalue weighted by Crippen LogP contribution is -2.20. The van der Waals surface area contributed by atoms with E-state index in [1.54, 1.807) is 30.3 Å². The van der Waals surface area contributed by atoms with Gasteiger partial charge in [0.2, 0.25) is 0 Å². The number of esters is 1. The summed E-state index contributed by atoms with van der Waals surface area (Å²) in [5, 5.41) is 0. The van der Waals surface area contributed by atoms with Crippen molar-refractivity contribution in [2.75, 3.05) is 13.2 Å². The van der Waals surface area contributed by atoms with Crippen molar-refractivity contribution in [2.45, 2.75) is 12.5 Å². The van der Waals surface area contributed by atoms with Crippen LogP contribution in [0, 0.1) is 11.8 Å². The van der Waals surface area contributed by atoms with Crippen molar-refractivity contribution in [3.63, 3.8) is 0 Å². The molecule has 1 aromatic carbocycles. The van der Waals surface area contributed by atoms with E-state index in [0.717, 1.165) is 11.8 Å². The van der Waals surface area contributed by atoms with Crippen molar-refractivity contribution < 1.29 is 19.1 Å². The van der Waals surface area contributed by atoms with Gasteiger partial charge in [-0.3, -0.25) is 4.79 Å². The van der Waals surface area contributed by atoms with Crippen LogP contribution in [-0.4, -0.2) is 31.1 Å². The van der Waals surface area contributed by atoms with Crippen LogP contribution in [0.25, 0.3) is 0 Å². The monoisotopic (exact) mass is 246 g/mol. The van der Waals surface area contributed by atoms with E-state index in [-0.39, 0.29) is 6.61 Å². The first kappa shape index (κ1) is 11.4. The number of ketones is 1. The Labute approximate surface area is 105 Å². The molecule has 1 aromatic rings. The Morgan fingerprint density at radius 3 is 2.44 bits per heavy atom. The topological polar surface area (TPSA) is 52.6 Å². The number of benzene rings is 1. The SMILES string of the molecule is O=C(OCCOC1C2CC21)C(=O)c1ccccc1. The standard InChI is InChI=1S/C14H14O4/c15-12(9-4-2-1-3-5-9)14(16)18-7-6-17-13-10-8-11(10)13/h1-5,10-11,13H,6-8H2. The van der Waals surface area contributed by atoms with E-state index in [4.69, 9.17) is 9.47 Å². The van der Waals surface area contributed by atoms with Gasteiger partial charge in [-0.15, -0.1) is 0 Å². The van der Waals surface area contributed by atoms with Crippen molar-refractivity contribution in [1.82, 2.24) is 0 Å². The average molecular weight is 246 g/mol. The molecular weight excluding hydrogens is 232 g/mol. The molecule has 2 unspecified atom stereocenters. The molecule has 0 aliphatic heterocycles. The van der Waals surface area contributed by atoms with Crippen molar-refractivity contribution in [3.05, 3.63) is 35.9 Å². The van der Waals surface area contributed by atoms with E-state index in [0.29, 0.717) is 18.3 Å². The fraction of sp³-hybridized carbons (Fsp3) is 0.429. The minimum atomic E-state index is -0.814. The van der Waals surface area contributed by atoms with Crippen molar-refractivity contribution in [1.29, 1.82) is 0 Å². The molecule has 0 saturated heterocycles. The van der Waals surface area contributed by atoms with Gasteiger partial charge in [0.25, 0.3) is 5.78 Å². The molecule has 18 heavy (non-hydrogen) atoms. The zero-order valence-electron chi connectivity index (χ0n) is 9.87. The lowest BCUT2D eigenvalue weighted by atomic mass is 10.1. The normalized spacial score (nSPS) is 27.2. The number of hydrogen-bond donors (Lipinski definition) is 0. The Hall–Kier alpha value is -1.68. The van der Waals surface area contributed by atoms with Crippen molar-refractivity contribution in [2.24, 2.45) is 11.8 Å². The summed E-state index contributed by atoms with van der Waals surface area (Å²) in [5.74, 6) is 0.119. The molecule has 0 radical (unpaired) electrons. The summed E-state index contributed by atoms with van der Waals surface area (Å²) in [6, 6.07) is 8.40. The maximum atomic E-state index is 11.6. The zero-order chi connectivity index (χ0) is 12.5. The van der Waals surface area contributed by atoms with Crippen LogP contribution < -0.4 is 0 Å². The molecule has 0 amide bonds. The molecule has 2 aliphatic rings. The predicted molar refractivity (Wildman–Crippen MR) is 63.1 cm³/mol. The predicted octanol–water partition coefficient (Wildman–Crippen LogP) is 1.45. The molecule has 4 nitrogen and oxygen atoms in total. The van der Waals surface area contributed by atoms with E-state index in [1.165, 1.54) is 6.42 Å². The number of ether oxygens (including phenoxy) is 2. The minimum Gasteiger partial charge on any atom is -0.457 e. The zero-order valence-corrected chi connectivity index (χ0v) is 9.87. The van der Waals surface area contributed by atoms with Gasteiger partial charge in [0.1, 0.15) is 6.61 Å². The number of hydrogen-bond acceptors (Lipinski definition) is 4. The molecule has 4 heteroatoms. The summed E-state index contributed by atoms with van der Waals surface area (Å²) in [6.45, 7) is 0.527. The summed E-state index contributed by atoms with van der Waals surface area (Å²) < 4.78 is 10.3. The van der Waals surface area contributed by atoms with Gasteiger partial charge in [-0.05, 0) is 18.3 Å². The van der Waals surface area contributed by atoms with Gasteiger partial charge in [0.05, 0.1) is 12.7 Å². The highest BCUT2D eigenvalue weighted by molar-refractivity contribution is 6.40. The van der Waals surface area contributed by atoms with E-state index < -0.39 is 11.8 Å². The van der Waals surface area contributed by atoms with E-state index in [1.807, 2.05) is 0 Å². The summed E-state index contributed by atoms with van der Waals surface area (Å²) in [4.78, 5) is 23.1. The maximum absolute atomic E-state index is 11.6. The Morgan fingerprint density at radius 2 is 1.83 bits per heavy atom. The average Bonchev–Trinajstić information content (AvgIpc) is 3.29. The molecule has 2 fully saturated rings. The second-order valence-electron chi connectivity index (χ2n) is 4.73. The van der Waals surface area contributed by atoms with E-state index >= 15 is 0 Å². The molecule has 2 saturated carbocycles. The fourth-order valence-electron chi connectivity index (χ4n) is 2.06. The Balaban J connectivity index is 1.38. The third kappa shape index (κ3) is 2.29. The van der Waals surface area contributed by atoms with Crippen LogP contribution in [0.3, 0.4) is 0 Å². The summed E-state index contributed by atoms with van der Waals surface area (Å²) in [7, 11) is 0. The molecule has 3 rings (SSSR count). The highest BCUT2D eigenvalue weighted by Gasteiger charge is 2.65. The van der Waals surface area contributed by atoms with Gasteiger partial charge >= 0.3 is 5.97 Å². The first-order chi connectivity index (χ1) is 8.77. The first-order valence-corrected chi connectivity index (χ1v) is 6.15. The molecule has 2 atom stereocenters. The lowest BCUT2D eigenvalue weighted by Gasteiger charge is -2.07. The molecule has 2 aliphatic carbocycles. The summed E-state index contributed by atoms with van der Waals surface area (Å²) in [5.41, 5.74) is 0.354. The van der Waals surface area contributed by atoms with Crippen molar-refractivity contribution in [3.8, 4) is 0 Å². The second-order valence-corrected chi connectivity index (χ2v) is 4.73. The summed E-state index contributed by atoms with van der Waals surface area (Å²) in [6.07, 6.45) is 1.69. The van der Waals surface area contributed by atoms with Gasteiger partial charge < -0.3 is 9.47 Å². The van der Waals surface area contributed by atoms with Gasteiger partial charge in [0.15, 0.2) is 0 Å². The van der Waals surface area contributed by atoms with Crippen LogP contribution in [-0.2, 0) is 14.3 Å².